The van der Waals surface area contributed by atoms with Crippen molar-refractivity contribution in [3.8, 4) is 0 Å². The third kappa shape index (κ3) is 2.95. The van der Waals surface area contributed by atoms with Crippen LogP contribution in [0.1, 0.15) is 26.7 Å². The number of carboxylic acid groups (broad SMARTS) is 1. The van der Waals surface area contributed by atoms with E-state index in [0.29, 0.717) is 12.8 Å². The second-order valence-electron chi connectivity index (χ2n) is 4.57. The number of carboxylic acids is 1. The standard InChI is InChI=1S/C10H16N2O4/c1-10(2,9(15)16)5-11-8(14)6-3-4-7(13)12-6/h6H,3-5H2,1-2H3,(H,11,14)(H,12,13)(H,15,16)/t6-/m1/s1. The normalized spacial score (nSPS) is 20.4. The highest BCUT2D eigenvalue weighted by molar-refractivity contribution is 5.91. The van der Waals surface area contributed by atoms with Gasteiger partial charge in [0.15, 0.2) is 0 Å². The number of hydrogen-bond acceptors (Lipinski definition) is 3. The van der Waals surface area contributed by atoms with E-state index >= 15 is 0 Å². The number of hydrogen-bond donors (Lipinski definition) is 3. The maximum atomic E-state index is 11.5. The summed E-state index contributed by atoms with van der Waals surface area (Å²) in [6.45, 7) is 3.11. The van der Waals surface area contributed by atoms with Crippen molar-refractivity contribution in [1.82, 2.24) is 10.6 Å². The zero-order valence-corrected chi connectivity index (χ0v) is 9.37. The maximum absolute atomic E-state index is 11.5. The Hall–Kier alpha value is -1.59. The molecule has 3 N–H and O–H groups in total. The molecule has 1 heterocycles. The summed E-state index contributed by atoms with van der Waals surface area (Å²) in [4.78, 5) is 33.2. The van der Waals surface area contributed by atoms with Crippen LogP contribution >= 0.6 is 0 Å². The molecule has 0 bridgehead atoms. The second kappa shape index (κ2) is 4.51. The summed E-state index contributed by atoms with van der Waals surface area (Å²) < 4.78 is 0. The Morgan fingerprint density at radius 3 is 2.62 bits per heavy atom. The summed E-state index contributed by atoms with van der Waals surface area (Å²) >= 11 is 0. The molecule has 16 heavy (non-hydrogen) atoms. The highest BCUT2D eigenvalue weighted by Gasteiger charge is 2.31. The van der Waals surface area contributed by atoms with Gasteiger partial charge in [-0.05, 0) is 20.3 Å². The number of amides is 2. The van der Waals surface area contributed by atoms with E-state index in [0.717, 1.165) is 0 Å². The first-order valence-electron chi connectivity index (χ1n) is 5.13. The molecule has 2 amide bonds. The van der Waals surface area contributed by atoms with Crippen molar-refractivity contribution >= 4 is 17.8 Å². The smallest absolute Gasteiger partial charge is 0.310 e. The number of nitrogens with one attached hydrogen (secondary N) is 2. The van der Waals surface area contributed by atoms with Gasteiger partial charge < -0.3 is 15.7 Å². The minimum absolute atomic E-state index is 0.0491. The Labute approximate surface area is 93.4 Å². The summed E-state index contributed by atoms with van der Waals surface area (Å²) in [6, 6.07) is -0.517. The van der Waals surface area contributed by atoms with E-state index in [1.54, 1.807) is 0 Å². The van der Waals surface area contributed by atoms with Crippen molar-refractivity contribution in [2.24, 2.45) is 5.41 Å². The molecule has 6 heteroatoms. The van der Waals surface area contributed by atoms with Crippen LogP contribution in [0.25, 0.3) is 0 Å². The molecule has 0 radical (unpaired) electrons. The van der Waals surface area contributed by atoms with Crippen molar-refractivity contribution in [3.63, 3.8) is 0 Å². The van der Waals surface area contributed by atoms with Gasteiger partial charge in [0.2, 0.25) is 11.8 Å². The van der Waals surface area contributed by atoms with Crippen LogP contribution in [0.15, 0.2) is 0 Å². The summed E-state index contributed by atoms with van der Waals surface area (Å²) in [6.07, 6.45) is 0.818. The predicted octanol–water partition coefficient (Wildman–Crippen LogP) is -0.508. The fourth-order valence-electron chi connectivity index (χ4n) is 1.32. The Morgan fingerprint density at radius 2 is 2.19 bits per heavy atom. The fourth-order valence-corrected chi connectivity index (χ4v) is 1.32. The van der Waals surface area contributed by atoms with Gasteiger partial charge in [-0.1, -0.05) is 0 Å². The highest BCUT2D eigenvalue weighted by atomic mass is 16.4. The third-order valence-corrected chi connectivity index (χ3v) is 2.60. The first-order chi connectivity index (χ1) is 7.33. The highest BCUT2D eigenvalue weighted by Crippen LogP contribution is 2.14. The number of aliphatic carboxylic acids is 1. The minimum Gasteiger partial charge on any atom is -0.481 e. The molecule has 0 aliphatic carbocycles. The van der Waals surface area contributed by atoms with Gasteiger partial charge in [0.1, 0.15) is 6.04 Å². The first kappa shape index (κ1) is 12.5. The first-order valence-corrected chi connectivity index (χ1v) is 5.13. The molecule has 1 aliphatic heterocycles. The van der Waals surface area contributed by atoms with E-state index in [9.17, 15) is 14.4 Å². The summed E-state index contributed by atoms with van der Waals surface area (Å²) in [7, 11) is 0. The van der Waals surface area contributed by atoms with E-state index in [1.807, 2.05) is 0 Å². The van der Waals surface area contributed by atoms with Crippen LogP contribution in [0.3, 0.4) is 0 Å². The van der Waals surface area contributed by atoms with E-state index in [1.165, 1.54) is 13.8 Å². The molecule has 1 atom stereocenters. The fraction of sp³-hybridized carbons (Fsp3) is 0.700. The topological polar surface area (TPSA) is 95.5 Å². The van der Waals surface area contributed by atoms with Crippen molar-refractivity contribution in [1.29, 1.82) is 0 Å². The second-order valence-corrected chi connectivity index (χ2v) is 4.57. The molecule has 0 aromatic rings. The van der Waals surface area contributed by atoms with E-state index < -0.39 is 17.4 Å². The summed E-state index contributed by atoms with van der Waals surface area (Å²) in [5, 5.41) is 13.9. The molecule has 6 nitrogen and oxygen atoms in total. The molecule has 1 aliphatic rings. The molecule has 0 spiro atoms. The SMILES string of the molecule is CC(C)(CNC(=O)[C@H]1CCC(=O)N1)C(=O)O. The van der Waals surface area contributed by atoms with Crippen LogP contribution in [-0.2, 0) is 14.4 Å². The van der Waals surface area contributed by atoms with Crippen molar-refractivity contribution in [3.05, 3.63) is 0 Å². The zero-order chi connectivity index (χ0) is 12.3. The van der Waals surface area contributed by atoms with Gasteiger partial charge in [-0.3, -0.25) is 14.4 Å². The van der Waals surface area contributed by atoms with Crippen LogP contribution in [-0.4, -0.2) is 35.5 Å². The summed E-state index contributed by atoms with van der Waals surface area (Å²) in [5.74, 6) is -1.43. The molecule has 90 valence electrons. The monoisotopic (exact) mass is 228 g/mol. The van der Waals surface area contributed by atoms with Crippen molar-refractivity contribution < 1.29 is 19.5 Å². The maximum Gasteiger partial charge on any atom is 0.310 e. The molecular weight excluding hydrogens is 212 g/mol. The van der Waals surface area contributed by atoms with Crippen molar-refractivity contribution in [2.75, 3.05) is 6.54 Å². The lowest BCUT2D eigenvalue weighted by atomic mass is 9.94. The quantitative estimate of drug-likeness (QED) is 0.604. The Balaban J connectivity index is 2.41. The third-order valence-electron chi connectivity index (χ3n) is 2.60. The molecular formula is C10H16N2O4. The van der Waals surface area contributed by atoms with Gasteiger partial charge in [0.25, 0.3) is 0 Å². The Morgan fingerprint density at radius 1 is 1.56 bits per heavy atom. The molecule has 0 saturated carbocycles. The molecule has 0 aromatic heterocycles. The van der Waals surface area contributed by atoms with Crippen LogP contribution in [0, 0.1) is 5.41 Å². The van der Waals surface area contributed by atoms with Gasteiger partial charge in [-0.2, -0.15) is 0 Å². The predicted molar refractivity (Wildman–Crippen MR) is 55.6 cm³/mol. The van der Waals surface area contributed by atoms with Gasteiger partial charge in [-0.25, -0.2) is 0 Å². The molecule has 1 saturated heterocycles. The summed E-state index contributed by atoms with van der Waals surface area (Å²) in [5.41, 5.74) is -1.00. The van der Waals surface area contributed by atoms with E-state index in [-0.39, 0.29) is 18.4 Å². The minimum atomic E-state index is -1.00. The van der Waals surface area contributed by atoms with Crippen LogP contribution in [0.2, 0.25) is 0 Å². The van der Waals surface area contributed by atoms with Gasteiger partial charge in [0, 0.05) is 13.0 Å². The number of carbonyl (C=O) groups excluding carboxylic acids is 2. The lowest BCUT2D eigenvalue weighted by Gasteiger charge is -2.20. The molecule has 0 aromatic carbocycles. The van der Waals surface area contributed by atoms with Gasteiger partial charge in [-0.15, -0.1) is 0 Å². The molecule has 0 unspecified atom stereocenters. The van der Waals surface area contributed by atoms with Crippen molar-refractivity contribution in [2.45, 2.75) is 32.7 Å². The molecule has 1 rings (SSSR count). The average molecular weight is 228 g/mol. The van der Waals surface area contributed by atoms with Crippen LogP contribution in [0.5, 0.6) is 0 Å². The number of rotatable bonds is 4. The largest absolute Gasteiger partial charge is 0.481 e. The van der Waals surface area contributed by atoms with Gasteiger partial charge >= 0.3 is 5.97 Å². The Bertz CT molecular complexity index is 325. The van der Waals surface area contributed by atoms with Crippen LogP contribution in [0.4, 0.5) is 0 Å². The molecule has 1 fully saturated rings. The Kier molecular flexibility index (Phi) is 3.51. The van der Waals surface area contributed by atoms with E-state index in [4.69, 9.17) is 5.11 Å². The van der Waals surface area contributed by atoms with Crippen LogP contribution < -0.4 is 10.6 Å². The lowest BCUT2D eigenvalue weighted by molar-refractivity contribution is -0.146. The average Bonchev–Trinajstić information content (AvgIpc) is 2.61. The van der Waals surface area contributed by atoms with E-state index in [2.05, 4.69) is 10.6 Å². The zero-order valence-electron chi connectivity index (χ0n) is 9.37. The lowest BCUT2D eigenvalue weighted by Crippen LogP contribution is -2.46. The van der Waals surface area contributed by atoms with Gasteiger partial charge in [0.05, 0.1) is 5.41 Å². The number of carbonyl (C=O) groups is 3.